The fraction of sp³-hybridized carbons (Fsp3) is 0.391. The molecule has 2 aromatic carbocycles. The molecule has 1 aliphatic rings. The topological polar surface area (TPSA) is 41.4 Å². The van der Waals surface area contributed by atoms with Gasteiger partial charge in [0.05, 0.1) is 11.8 Å². The second-order valence-corrected chi connectivity index (χ2v) is 7.99. The predicted molar refractivity (Wildman–Crippen MR) is 112 cm³/mol. The lowest BCUT2D eigenvalue weighted by molar-refractivity contribution is 0.0737. The van der Waals surface area contributed by atoms with Crippen LogP contribution in [0, 0.1) is 5.92 Å². The number of amides is 1. The molecule has 1 amide bonds. The van der Waals surface area contributed by atoms with E-state index in [0.29, 0.717) is 11.5 Å². The van der Waals surface area contributed by atoms with Crippen LogP contribution in [0.15, 0.2) is 54.9 Å². The Morgan fingerprint density at radius 1 is 1.14 bits per heavy atom. The molecule has 4 rings (SSSR count). The number of benzene rings is 2. The first-order valence-electron chi connectivity index (χ1n) is 10.0. The van der Waals surface area contributed by atoms with Crippen LogP contribution in [0.5, 0.6) is 0 Å². The molecule has 0 unspecified atom stereocenters. The van der Waals surface area contributed by atoms with Gasteiger partial charge in [-0.15, -0.1) is 0 Å². The summed E-state index contributed by atoms with van der Waals surface area (Å²) in [4.78, 5) is 16.9. The molecule has 0 atom stereocenters. The molecule has 146 valence electrons. The molecule has 1 aliphatic heterocycles. The summed E-state index contributed by atoms with van der Waals surface area (Å²) >= 11 is 0. The Labute approximate surface area is 166 Å². The summed E-state index contributed by atoms with van der Waals surface area (Å²) < 4.78 is 1.67. The maximum absolute atomic E-state index is 12.5. The lowest BCUT2D eigenvalue weighted by Crippen LogP contribution is -2.39. The van der Waals surface area contributed by atoms with Crippen molar-refractivity contribution in [3.8, 4) is 0 Å². The zero-order valence-electron chi connectivity index (χ0n) is 16.7. The van der Waals surface area contributed by atoms with Gasteiger partial charge < -0.3 is 4.90 Å². The molecule has 2 heterocycles. The van der Waals surface area contributed by atoms with E-state index in [4.69, 9.17) is 0 Å². The first-order valence-corrected chi connectivity index (χ1v) is 10.0. The van der Waals surface area contributed by atoms with E-state index in [1.165, 1.54) is 16.3 Å². The van der Waals surface area contributed by atoms with Gasteiger partial charge in [0.15, 0.2) is 0 Å². The summed E-state index contributed by atoms with van der Waals surface area (Å²) in [5.41, 5.74) is 2.04. The van der Waals surface area contributed by atoms with Crippen LogP contribution < -0.4 is 0 Å². The van der Waals surface area contributed by atoms with Gasteiger partial charge in [-0.25, -0.2) is 0 Å². The van der Waals surface area contributed by atoms with Crippen molar-refractivity contribution in [3.63, 3.8) is 0 Å². The molecule has 1 aromatic heterocycles. The maximum atomic E-state index is 12.5. The lowest BCUT2D eigenvalue weighted by atomic mass is 9.95. The maximum Gasteiger partial charge on any atom is 0.256 e. The summed E-state index contributed by atoms with van der Waals surface area (Å²) in [5, 5.41) is 6.71. The fourth-order valence-electron chi connectivity index (χ4n) is 4.14. The second-order valence-electron chi connectivity index (χ2n) is 7.99. The van der Waals surface area contributed by atoms with E-state index in [-0.39, 0.29) is 5.91 Å². The first kappa shape index (κ1) is 18.7. The fourth-order valence-corrected chi connectivity index (χ4v) is 4.14. The number of carbonyl (C=O) groups is 1. The highest BCUT2D eigenvalue weighted by Gasteiger charge is 2.23. The van der Waals surface area contributed by atoms with Crippen molar-refractivity contribution in [1.29, 1.82) is 0 Å². The third-order valence-corrected chi connectivity index (χ3v) is 5.76. The van der Waals surface area contributed by atoms with Gasteiger partial charge in [0, 0.05) is 33.4 Å². The van der Waals surface area contributed by atoms with Crippen LogP contribution in [0.25, 0.3) is 10.8 Å². The van der Waals surface area contributed by atoms with Crippen molar-refractivity contribution in [2.75, 3.05) is 26.7 Å². The molecular formula is C23H28N4O. The number of fused-ring (bicyclic) bond motifs is 1. The van der Waals surface area contributed by atoms with E-state index in [1.807, 2.05) is 19.0 Å². The van der Waals surface area contributed by atoms with Crippen LogP contribution in [-0.2, 0) is 13.6 Å². The van der Waals surface area contributed by atoms with Crippen LogP contribution in [0.1, 0.15) is 28.8 Å². The van der Waals surface area contributed by atoms with Crippen LogP contribution in [0.3, 0.4) is 0 Å². The SMILES string of the molecule is CN(CC1CCN(Cc2ccc3ccccc3c2)CC1)C(=O)c1cnn(C)c1. The monoisotopic (exact) mass is 376 g/mol. The number of hydrogen-bond donors (Lipinski definition) is 0. The van der Waals surface area contributed by atoms with Crippen LogP contribution in [0.2, 0.25) is 0 Å². The molecule has 0 spiro atoms. The Balaban J connectivity index is 1.28. The predicted octanol–water partition coefficient (Wildman–Crippen LogP) is 3.56. The van der Waals surface area contributed by atoms with E-state index in [0.717, 1.165) is 39.0 Å². The molecule has 0 radical (unpaired) electrons. The summed E-state index contributed by atoms with van der Waals surface area (Å²) in [5.74, 6) is 0.630. The Morgan fingerprint density at radius 3 is 2.61 bits per heavy atom. The van der Waals surface area contributed by atoms with E-state index in [9.17, 15) is 4.79 Å². The van der Waals surface area contributed by atoms with Crippen molar-refractivity contribution >= 4 is 16.7 Å². The van der Waals surface area contributed by atoms with Crippen LogP contribution >= 0.6 is 0 Å². The van der Waals surface area contributed by atoms with Crippen LogP contribution in [0.4, 0.5) is 0 Å². The zero-order chi connectivity index (χ0) is 19.5. The van der Waals surface area contributed by atoms with E-state index < -0.39 is 0 Å². The largest absolute Gasteiger partial charge is 0.341 e. The third-order valence-electron chi connectivity index (χ3n) is 5.76. The molecule has 0 N–H and O–H groups in total. The standard InChI is InChI=1S/C23H28N4O/c1-25(23(28)22-14-24-26(2)17-22)15-18-9-11-27(12-10-18)16-19-7-8-20-5-3-4-6-21(20)13-19/h3-8,13-14,17-18H,9-12,15-16H2,1-2H3. The van der Waals surface area contributed by atoms with Gasteiger partial charge in [0.1, 0.15) is 0 Å². The molecule has 5 heteroatoms. The van der Waals surface area contributed by atoms with Gasteiger partial charge >= 0.3 is 0 Å². The third kappa shape index (κ3) is 4.25. The Bertz CT molecular complexity index is 956. The van der Waals surface area contributed by atoms with E-state index in [1.54, 1.807) is 17.1 Å². The number of hydrogen-bond acceptors (Lipinski definition) is 3. The van der Waals surface area contributed by atoms with Crippen molar-refractivity contribution in [2.45, 2.75) is 19.4 Å². The number of aryl methyl sites for hydroxylation is 1. The molecule has 28 heavy (non-hydrogen) atoms. The average molecular weight is 377 g/mol. The van der Waals surface area contributed by atoms with Gasteiger partial charge in [-0.3, -0.25) is 14.4 Å². The molecule has 0 saturated carbocycles. The molecule has 3 aromatic rings. The number of piperidine rings is 1. The van der Waals surface area contributed by atoms with Crippen molar-refractivity contribution < 1.29 is 4.79 Å². The number of aromatic nitrogens is 2. The second kappa shape index (κ2) is 8.15. The van der Waals surface area contributed by atoms with Gasteiger partial charge in [-0.1, -0.05) is 36.4 Å². The number of carbonyl (C=O) groups excluding carboxylic acids is 1. The quantitative estimate of drug-likeness (QED) is 0.684. The number of nitrogens with zero attached hydrogens (tertiary/aromatic N) is 4. The molecule has 1 fully saturated rings. The number of likely N-dealkylation sites (tertiary alicyclic amines) is 1. The van der Waals surface area contributed by atoms with Crippen molar-refractivity contribution in [1.82, 2.24) is 19.6 Å². The normalized spacial score (nSPS) is 15.8. The van der Waals surface area contributed by atoms with Crippen molar-refractivity contribution in [2.24, 2.45) is 13.0 Å². The summed E-state index contributed by atoms with van der Waals surface area (Å²) in [6, 6.07) is 15.3. The summed E-state index contributed by atoms with van der Waals surface area (Å²) in [6.07, 6.45) is 5.70. The van der Waals surface area contributed by atoms with Gasteiger partial charge in [0.25, 0.3) is 5.91 Å². The minimum absolute atomic E-state index is 0.0618. The smallest absolute Gasteiger partial charge is 0.256 e. The highest BCUT2D eigenvalue weighted by molar-refractivity contribution is 5.93. The molecule has 0 aliphatic carbocycles. The summed E-state index contributed by atoms with van der Waals surface area (Å²) in [7, 11) is 3.73. The Hall–Kier alpha value is -2.66. The Morgan fingerprint density at radius 2 is 1.89 bits per heavy atom. The number of rotatable bonds is 5. The van der Waals surface area contributed by atoms with Gasteiger partial charge in [-0.05, 0) is 54.3 Å². The zero-order valence-corrected chi connectivity index (χ0v) is 16.7. The average Bonchev–Trinajstić information content (AvgIpc) is 3.15. The van der Waals surface area contributed by atoms with Gasteiger partial charge in [0.2, 0.25) is 0 Å². The lowest BCUT2D eigenvalue weighted by Gasteiger charge is -2.34. The minimum atomic E-state index is 0.0618. The highest BCUT2D eigenvalue weighted by atomic mass is 16.2. The Kier molecular flexibility index (Phi) is 5.44. The molecule has 0 bridgehead atoms. The molecular weight excluding hydrogens is 348 g/mol. The highest BCUT2D eigenvalue weighted by Crippen LogP contribution is 2.22. The van der Waals surface area contributed by atoms with E-state index >= 15 is 0 Å². The van der Waals surface area contributed by atoms with Crippen molar-refractivity contribution in [3.05, 3.63) is 66.0 Å². The summed E-state index contributed by atoms with van der Waals surface area (Å²) in [6.45, 7) is 4.00. The van der Waals surface area contributed by atoms with E-state index in [2.05, 4.69) is 52.5 Å². The molecule has 5 nitrogen and oxygen atoms in total. The van der Waals surface area contributed by atoms with Crippen LogP contribution in [-0.4, -0.2) is 52.2 Å². The minimum Gasteiger partial charge on any atom is -0.341 e. The first-order chi connectivity index (χ1) is 13.6. The molecule has 1 saturated heterocycles. The van der Waals surface area contributed by atoms with Gasteiger partial charge in [-0.2, -0.15) is 5.10 Å².